The van der Waals surface area contributed by atoms with E-state index in [1.165, 1.54) is 5.56 Å². The summed E-state index contributed by atoms with van der Waals surface area (Å²) in [5.74, 6) is 0.850. The van der Waals surface area contributed by atoms with E-state index in [0.717, 1.165) is 16.9 Å². The Morgan fingerprint density at radius 2 is 1.94 bits per heavy atom. The summed E-state index contributed by atoms with van der Waals surface area (Å²) < 4.78 is 5.64. The van der Waals surface area contributed by atoms with Gasteiger partial charge in [0.25, 0.3) is 5.22 Å². The van der Waals surface area contributed by atoms with Crippen molar-refractivity contribution in [2.24, 2.45) is 0 Å². The Labute approximate surface area is 109 Å². The van der Waals surface area contributed by atoms with Gasteiger partial charge in [0.15, 0.2) is 5.58 Å². The van der Waals surface area contributed by atoms with Crippen molar-refractivity contribution >= 4 is 28.5 Å². The highest BCUT2D eigenvalue weighted by molar-refractivity contribution is 7.98. The molecule has 0 amide bonds. The number of rotatable bonds is 3. The topological polar surface area (TPSA) is 52.0 Å². The number of nitrogens with zero attached hydrogens (tertiary/aromatic N) is 1. The van der Waals surface area contributed by atoms with Crippen LogP contribution in [0.2, 0.25) is 0 Å². The van der Waals surface area contributed by atoms with E-state index in [2.05, 4.69) is 17.1 Å². The second kappa shape index (κ2) is 4.74. The van der Waals surface area contributed by atoms with Crippen LogP contribution in [-0.4, -0.2) is 4.98 Å². The van der Waals surface area contributed by atoms with E-state index < -0.39 is 0 Å². The third-order valence-corrected chi connectivity index (χ3v) is 3.50. The van der Waals surface area contributed by atoms with Gasteiger partial charge in [-0.15, -0.1) is 0 Å². The first kappa shape index (κ1) is 11.2. The maximum atomic E-state index is 5.70. The molecular formula is C14H12N2OS. The molecule has 0 aliphatic heterocycles. The highest BCUT2D eigenvalue weighted by Gasteiger charge is 2.06. The fraction of sp³-hybridized carbons (Fsp3) is 0.0714. The van der Waals surface area contributed by atoms with Crippen molar-refractivity contribution in [2.75, 3.05) is 5.73 Å². The van der Waals surface area contributed by atoms with E-state index in [9.17, 15) is 0 Å². The summed E-state index contributed by atoms with van der Waals surface area (Å²) in [7, 11) is 0. The lowest BCUT2D eigenvalue weighted by atomic mass is 10.2. The first-order valence-corrected chi connectivity index (χ1v) is 6.62. The van der Waals surface area contributed by atoms with Crippen LogP contribution < -0.4 is 5.73 Å². The molecule has 3 rings (SSSR count). The minimum atomic E-state index is 0.680. The molecule has 3 nitrogen and oxygen atoms in total. The van der Waals surface area contributed by atoms with Gasteiger partial charge in [-0.25, -0.2) is 4.98 Å². The molecule has 2 N–H and O–H groups in total. The van der Waals surface area contributed by atoms with Crippen molar-refractivity contribution < 1.29 is 4.42 Å². The van der Waals surface area contributed by atoms with Gasteiger partial charge < -0.3 is 10.2 Å². The lowest BCUT2D eigenvalue weighted by molar-refractivity contribution is 0.489. The third-order valence-electron chi connectivity index (χ3n) is 2.60. The van der Waals surface area contributed by atoms with E-state index in [-0.39, 0.29) is 0 Å². The lowest BCUT2D eigenvalue weighted by Crippen LogP contribution is -1.81. The average molecular weight is 256 g/mol. The zero-order valence-corrected chi connectivity index (χ0v) is 10.5. The molecule has 90 valence electrons. The molecule has 0 unspecified atom stereocenters. The summed E-state index contributed by atoms with van der Waals surface area (Å²) in [5, 5.41) is 0.680. The molecule has 0 saturated heterocycles. The Hall–Kier alpha value is -1.94. The highest BCUT2D eigenvalue weighted by atomic mass is 32.2. The van der Waals surface area contributed by atoms with Gasteiger partial charge in [-0.2, -0.15) is 0 Å². The van der Waals surface area contributed by atoms with E-state index in [1.54, 1.807) is 17.8 Å². The highest BCUT2D eigenvalue weighted by Crippen LogP contribution is 2.27. The molecule has 0 radical (unpaired) electrons. The summed E-state index contributed by atoms with van der Waals surface area (Å²) in [5.41, 5.74) is 9.24. The predicted octanol–water partition coefficient (Wildman–Crippen LogP) is 3.70. The van der Waals surface area contributed by atoms with E-state index >= 15 is 0 Å². The van der Waals surface area contributed by atoms with Crippen molar-refractivity contribution in [3.8, 4) is 0 Å². The summed E-state index contributed by atoms with van der Waals surface area (Å²) in [6.07, 6.45) is 0. The molecule has 0 aliphatic rings. The summed E-state index contributed by atoms with van der Waals surface area (Å²) >= 11 is 1.59. The molecule has 0 saturated carbocycles. The summed E-state index contributed by atoms with van der Waals surface area (Å²) in [4.78, 5) is 4.41. The number of hydrogen-bond donors (Lipinski definition) is 1. The van der Waals surface area contributed by atoms with Gasteiger partial charge in [0, 0.05) is 17.5 Å². The van der Waals surface area contributed by atoms with Crippen molar-refractivity contribution in [1.82, 2.24) is 4.98 Å². The van der Waals surface area contributed by atoms with Crippen LogP contribution in [0.15, 0.2) is 58.2 Å². The lowest BCUT2D eigenvalue weighted by Gasteiger charge is -1.96. The molecule has 1 heterocycles. The molecule has 0 atom stereocenters. The number of benzene rings is 2. The number of nitrogens with two attached hydrogens (primary N) is 1. The molecule has 0 bridgehead atoms. The predicted molar refractivity (Wildman–Crippen MR) is 74.4 cm³/mol. The molecule has 0 spiro atoms. The Morgan fingerprint density at radius 3 is 2.78 bits per heavy atom. The van der Waals surface area contributed by atoms with Crippen LogP contribution in [0.1, 0.15) is 5.56 Å². The van der Waals surface area contributed by atoms with E-state index in [4.69, 9.17) is 10.2 Å². The quantitative estimate of drug-likeness (QED) is 0.573. The number of anilines is 1. The second-order valence-corrected chi connectivity index (χ2v) is 4.91. The average Bonchev–Trinajstić information content (AvgIpc) is 2.79. The van der Waals surface area contributed by atoms with Gasteiger partial charge >= 0.3 is 0 Å². The van der Waals surface area contributed by atoms with Crippen molar-refractivity contribution in [3.63, 3.8) is 0 Å². The van der Waals surface area contributed by atoms with Gasteiger partial charge in [0.1, 0.15) is 5.52 Å². The fourth-order valence-corrected chi connectivity index (χ4v) is 2.50. The first-order valence-electron chi connectivity index (χ1n) is 5.64. The van der Waals surface area contributed by atoms with Gasteiger partial charge in [-0.3, -0.25) is 0 Å². The van der Waals surface area contributed by atoms with Crippen LogP contribution in [-0.2, 0) is 5.75 Å². The van der Waals surface area contributed by atoms with Crippen molar-refractivity contribution in [3.05, 3.63) is 54.1 Å². The van der Waals surface area contributed by atoms with Gasteiger partial charge in [-0.05, 0) is 17.7 Å². The Morgan fingerprint density at radius 1 is 1.11 bits per heavy atom. The maximum absolute atomic E-state index is 5.70. The monoisotopic (exact) mass is 256 g/mol. The van der Waals surface area contributed by atoms with Crippen molar-refractivity contribution in [1.29, 1.82) is 0 Å². The molecule has 0 fully saturated rings. The Bertz CT molecular complexity index is 664. The fourth-order valence-electron chi connectivity index (χ4n) is 1.70. The molecule has 18 heavy (non-hydrogen) atoms. The van der Waals surface area contributed by atoms with Crippen LogP contribution in [0.4, 0.5) is 5.69 Å². The number of fused-ring (bicyclic) bond motifs is 1. The van der Waals surface area contributed by atoms with E-state index in [0.29, 0.717) is 10.9 Å². The minimum absolute atomic E-state index is 0.680. The number of nitrogen functional groups attached to an aromatic ring is 1. The third kappa shape index (κ3) is 2.33. The van der Waals surface area contributed by atoms with E-state index in [1.807, 2.05) is 30.3 Å². The van der Waals surface area contributed by atoms with Gasteiger partial charge in [0.05, 0.1) is 0 Å². The number of hydrogen-bond acceptors (Lipinski definition) is 4. The Balaban J connectivity index is 1.79. The number of oxazole rings is 1. The summed E-state index contributed by atoms with van der Waals surface area (Å²) in [6, 6.07) is 15.8. The molecule has 4 heteroatoms. The van der Waals surface area contributed by atoms with Crippen LogP contribution in [0.25, 0.3) is 11.1 Å². The largest absolute Gasteiger partial charge is 0.431 e. The minimum Gasteiger partial charge on any atom is -0.431 e. The van der Waals surface area contributed by atoms with Gasteiger partial charge in [-0.1, -0.05) is 42.1 Å². The normalized spacial score (nSPS) is 10.9. The Kier molecular flexibility index (Phi) is 2.94. The second-order valence-electron chi connectivity index (χ2n) is 3.98. The zero-order valence-electron chi connectivity index (χ0n) is 9.67. The molecule has 3 aromatic rings. The zero-order chi connectivity index (χ0) is 12.4. The first-order chi connectivity index (χ1) is 8.81. The SMILES string of the molecule is Nc1ccc2nc(SCc3ccccc3)oc2c1. The number of thioether (sulfide) groups is 1. The molecule has 2 aromatic carbocycles. The molecule has 1 aromatic heterocycles. The van der Waals surface area contributed by atoms with Gasteiger partial charge in [0.2, 0.25) is 0 Å². The van der Waals surface area contributed by atoms with Crippen molar-refractivity contribution in [2.45, 2.75) is 11.0 Å². The van der Waals surface area contributed by atoms with Crippen LogP contribution in [0, 0.1) is 0 Å². The van der Waals surface area contributed by atoms with Crippen LogP contribution in [0.5, 0.6) is 0 Å². The standard InChI is InChI=1S/C14H12N2OS/c15-11-6-7-12-13(8-11)17-14(16-12)18-9-10-4-2-1-3-5-10/h1-8H,9,15H2. The maximum Gasteiger partial charge on any atom is 0.257 e. The number of aromatic nitrogens is 1. The summed E-state index contributed by atoms with van der Waals surface area (Å²) in [6.45, 7) is 0. The molecular weight excluding hydrogens is 244 g/mol. The smallest absolute Gasteiger partial charge is 0.257 e. The van der Waals surface area contributed by atoms with Crippen LogP contribution >= 0.6 is 11.8 Å². The van der Waals surface area contributed by atoms with Crippen LogP contribution in [0.3, 0.4) is 0 Å². The molecule has 0 aliphatic carbocycles.